The summed E-state index contributed by atoms with van der Waals surface area (Å²) in [6.07, 6.45) is 0. The molecule has 1 unspecified atom stereocenters. The van der Waals surface area contributed by atoms with E-state index in [0.29, 0.717) is 18.8 Å². The molecule has 0 aliphatic carbocycles. The molecule has 1 heterocycles. The highest BCUT2D eigenvalue weighted by atomic mass is 32.2. The predicted octanol–water partition coefficient (Wildman–Crippen LogP) is -1.13. The van der Waals surface area contributed by atoms with Gasteiger partial charge in [0.05, 0.1) is 18.9 Å². The highest BCUT2D eigenvalue weighted by Gasteiger charge is 2.28. The van der Waals surface area contributed by atoms with Gasteiger partial charge in [-0.2, -0.15) is 0 Å². The number of primary amides is 1. The Balaban J connectivity index is 2.37. The second kappa shape index (κ2) is 5.88. The van der Waals surface area contributed by atoms with Crippen molar-refractivity contribution in [3.63, 3.8) is 0 Å². The van der Waals surface area contributed by atoms with Gasteiger partial charge in [0.1, 0.15) is 10.9 Å². The van der Waals surface area contributed by atoms with E-state index in [1.54, 1.807) is 11.0 Å². The van der Waals surface area contributed by atoms with Crippen molar-refractivity contribution < 1.29 is 17.9 Å². The van der Waals surface area contributed by atoms with Gasteiger partial charge in [-0.05, 0) is 25.2 Å². The van der Waals surface area contributed by atoms with Crippen LogP contribution in [0.3, 0.4) is 0 Å². The molecule has 0 radical (unpaired) electrons. The van der Waals surface area contributed by atoms with Crippen LogP contribution in [0.4, 0.5) is 11.4 Å². The van der Waals surface area contributed by atoms with Crippen molar-refractivity contribution in [3.05, 3.63) is 18.2 Å². The number of rotatable bonds is 4. The van der Waals surface area contributed by atoms with Crippen molar-refractivity contribution in [2.24, 2.45) is 5.73 Å². The third kappa shape index (κ3) is 3.09. The Morgan fingerprint density at radius 1 is 1.48 bits per heavy atom. The Hall–Kier alpha value is -1.84. The molecule has 5 N–H and O–H groups in total. The Kier molecular flexibility index (Phi) is 4.35. The first-order chi connectivity index (χ1) is 9.86. The number of amides is 1. The normalized spacial score (nSPS) is 19.5. The van der Waals surface area contributed by atoms with Crippen molar-refractivity contribution >= 4 is 27.3 Å². The maximum Gasteiger partial charge on any atom is 0.242 e. The molecule has 1 aliphatic rings. The predicted molar refractivity (Wildman–Crippen MR) is 78.2 cm³/mol. The number of morpholine rings is 1. The minimum absolute atomic E-state index is 0.00219. The SMILES string of the molecule is CNS(=O)(=O)c1ccc(N2CCOCC2C(N)=O)cc1N. The highest BCUT2D eigenvalue weighted by molar-refractivity contribution is 7.89. The Morgan fingerprint density at radius 2 is 2.19 bits per heavy atom. The molecule has 0 saturated carbocycles. The molecule has 1 saturated heterocycles. The molecule has 1 aromatic rings. The zero-order valence-corrected chi connectivity index (χ0v) is 12.4. The molecule has 9 heteroatoms. The minimum atomic E-state index is -3.62. The number of hydrogen-bond donors (Lipinski definition) is 3. The van der Waals surface area contributed by atoms with E-state index >= 15 is 0 Å². The first kappa shape index (κ1) is 15.5. The number of hydrogen-bond acceptors (Lipinski definition) is 6. The van der Waals surface area contributed by atoms with Crippen LogP contribution < -0.4 is 21.1 Å². The molecule has 21 heavy (non-hydrogen) atoms. The Labute approximate surface area is 123 Å². The van der Waals surface area contributed by atoms with Crippen LogP contribution >= 0.6 is 0 Å². The van der Waals surface area contributed by atoms with Gasteiger partial charge in [-0.3, -0.25) is 4.79 Å². The summed E-state index contributed by atoms with van der Waals surface area (Å²) < 4.78 is 31.0. The fraction of sp³-hybridized carbons (Fsp3) is 0.417. The van der Waals surface area contributed by atoms with Gasteiger partial charge < -0.3 is 21.1 Å². The van der Waals surface area contributed by atoms with Crippen molar-refractivity contribution in [1.82, 2.24) is 4.72 Å². The van der Waals surface area contributed by atoms with Crippen LogP contribution in [0, 0.1) is 0 Å². The summed E-state index contributed by atoms with van der Waals surface area (Å²) in [5.74, 6) is -0.500. The molecule has 1 aliphatic heterocycles. The highest BCUT2D eigenvalue weighted by Crippen LogP contribution is 2.27. The first-order valence-corrected chi connectivity index (χ1v) is 7.82. The summed E-state index contributed by atoms with van der Waals surface area (Å²) in [4.78, 5) is 13.2. The molecular weight excluding hydrogens is 296 g/mol. The number of nitrogen functional groups attached to an aromatic ring is 1. The topological polar surface area (TPSA) is 128 Å². The van der Waals surface area contributed by atoms with Crippen LogP contribution in [0.25, 0.3) is 0 Å². The quantitative estimate of drug-likeness (QED) is 0.603. The van der Waals surface area contributed by atoms with E-state index in [2.05, 4.69) is 4.72 Å². The summed E-state index contributed by atoms with van der Waals surface area (Å²) in [5.41, 5.74) is 11.9. The monoisotopic (exact) mass is 314 g/mol. The van der Waals surface area contributed by atoms with E-state index < -0.39 is 22.0 Å². The van der Waals surface area contributed by atoms with E-state index in [0.717, 1.165) is 0 Å². The Bertz CT molecular complexity index is 647. The first-order valence-electron chi connectivity index (χ1n) is 6.33. The second-order valence-corrected chi connectivity index (χ2v) is 6.47. The van der Waals surface area contributed by atoms with Gasteiger partial charge in [0, 0.05) is 12.2 Å². The average Bonchev–Trinajstić information content (AvgIpc) is 2.46. The van der Waals surface area contributed by atoms with Gasteiger partial charge in [0.25, 0.3) is 0 Å². The Morgan fingerprint density at radius 3 is 2.76 bits per heavy atom. The van der Waals surface area contributed by atoms with Crippen molar-refractivity contribution in [3.8, 4) is 0 Å². The number of benzene rings is 1. The lowest BCUT2D eigenvalue weighted by Gasteiger charge is -2.35. The molecule has 0 spiro atoms. The van der Waals surface area contributed by atoms with Crippen LogP contribution in [0.15, 0.2) is 23.1 Å². The lowest BCUT2D eigenvalue weighted by atomic mass is 10.1. The van der Waals surface area contributed by atoms with Crippen LogP contribution in [0.5, 0.6) is 0 Å². The molecule has 1 amide bonds. The van der Waals surface area contributed by atoms with Crippen LogP contribution in [0.1, 0.15) is 0 Å². The summed E-state index contributed by atoms with van der Waals surface area (Å²) >= 11 is 0. The fourth-order valence-corrected chi connectivity index (χ4v) is 3.05. The van der Waals surface area contributed by atoms with E-state index in [-0.39, 0.29) is 17.2 Å². The summed E-state index contributed by atoms with van der Waals surface area (Å²) in [6, 6.07) is 3.93. The van der Waals surface area contributed by atoms with E-state index in [1.807, 2.05) is 0 Å². The standard InChI is InChI=1S/C12H18N4O4S/c1-15-21(18,19)11-3-2-8(6-9(11)13)16-4-5-20-7-10(16)12(14)17/h2-3,6,10,15H,4-5,7,13H2,1H3,(H2,14,17). The van der Waals surface area contributed by atoms with Crippen LogP contribution in [-0.2, 0) is 19.6 Å². The fourth-order valence-electron chi connectivity index (χ4n) is 2.22. The molecule has 1 atom stereocenters. The maximum absolute atomic E-state index is 11.8. The van der Waals surface area contributed by atoms with Gasteiger partial charge in [0.15, 0.2) is 0 Å². The average molecular weight is 314 g/mol. The van der Waals surface area contributed by atoms with Crippen molar-refractivity contribution in [1.29, 1.82) is 0 Å². The minimum Gasteiger partial charge on any atom is -0.398 e. The van der Waals surface area contributed by atoms with Gasteiger partial charge >= 0.3 is 0 Å². The van der Waals surface area contributed by atoms with Gasteiger partial charge in [-0.1, -0.05) is 0 Å². The number of sulfonamides is 1. The number of ether oxygens (including phenoxy) is 1. The van der Waals surface area contributed by atoms with Crippen LogP contribution in [-0.4, -0.2) is 47.2 Å². The van der Waals surface area contributed by atoms with Gasteiger partial charge in [-0.15, -0.1) is 0 Å². The second-order valence-electron chi connectivity index (χ2n) is 4.62. The number of nitrogens with one attached hydrogen (secondary N) is 1. The third-order valence-electron chi connectivity index (χ3n) is 3.34. The zero-order chi connectivity index (χ0) is 15.6. The lowest BCUT2D eigenvalue weighted by molar-refractivity contribution is -0.121. The number of anilines is 2. The number of carbonyl (C=O) groups is 1. The molecule has 1 aromatic carbocycles. The molecule has 116 valence electrons. The summed E-state index contributed by atoms with van der Waals surface area (Å²) in [5, 5.41) is 0. The molecule has 0 aromatic heterocycles. The molecule has 0 bridgehead atoms. The maximum atomic E-state index is 11.8. The van der Waals surface area contributed by atoms with Gasteiger partial charge in [0.2, 0.25) is 15.9 Å². The summed E-state index contributed by atoms with van der Waals surface area (Å²) in [7, 11) is -2.30. The zero-order valence-electron chi connectivity index (χ0n) is 11.6. The molecular formula is C12H18N4O4S. The number of nitrogens with two attached hydrogens (primary N) is 2. The van der Waals surface area contributed by atoms with E-state index in [4.69, 9.17) is 16.2 Å². The van der Waals surface area contributed by atoms with Crippen molar-refractivity contribution in [2.75, 3.05) is 37.4 Å². The van der Waals surface area contributed by atoms with E-state index in [9.17, 15) is 13.2 Å². The number of nitrogens with zero attached hydrogens (tertiary/aromatic N) is 1. The van der Waals surface area contributed by atoms with Crippen molar-refractivity contribution in [2.45, 2.75) is 10.9 Å². The smallest absolute Gasteiger partial charge is 0.242 e. The molecule has 8 nitrogen and oxygen atoms in total. The summed E-state index contributed by atoms with van der Waals surface area (Å²) in [6.45, 7) is 1.14. The molecule has 2 rings (SSSR count). The molecule has 1 fully saturated rings. The van der Waals surface area contributed by atoms with E-state index in [1.165, 1.54) is 19.2 Å². The number of carbonyl (C=O) groups excluding carboxylic acids is 1. The largest absolute Gasteiger partial charge is 0.398 e. The van der Waals surface area contributed by atoms with Gasteiger partial charge in [-0.25, -0.2) is 13.1 Å². The third-order valence-corrected chi connectivity index (χ3v) is 4.83. The lowest BCUT2D eigenvalue weighted by Crippen LogP contribution is -2.52. The van der Waals surface area contributed by atoms with Crippen LogP contribution in [0.2, 0.25) is 0 Å².